The highest BCUT2D eigenvalue weighted by molar-refractivity contribution is 5.95. The zero-order valence-electron chi connectivity index (χ0n) is 14.8. The predicted octanol–water partition coefficient (Wildman–Crippen LogP) is 3.06. The summed E-state index contributed by atoms with van der Waals surface area (Å²) >= 11 is 0. The van der Waals surface area contributed by atoms with Crippen molar-refractivity contribution in [2.75, 3.05) is 25.1 Å². The molecule has 5 nitrogen and oxygen atoms in total. The molecule has 0 spiro atoms. The van der Waals surface area contributed by atoms with E-state index in [1.165, 1.54) is 0 Å². The molecule has 0 aliphatic heterocycles. The summed E-state index contributed by atoms with van der Waals surface area (Å²) in [5, 5.41) is 14.7. The fourth-order valence-corrected chi connectivity index (χ4v) is 2.21. The van der Waals surface area contributed by atoms with Gasteiger partial charge >= 0.3 is 0 Å². The quantitative estimate of drug-likeness (QED) is 0.655. The zero-order chi connectivity index (χ0) is 18.1. The Morgan fingerprint density at radius 1 is 1.16 bits per heavy atom. The van der Waals surface area contributed by atoms with Crippen molar-refractivity contribution in [2.24, 2.45) is 5.92 Å². The van der Waals surface area contributed by atoms with Crippen LogP contribution in [0, 0.1) is 5.92 Å². The van der Waals surface area contributed by atoms with Crippen LogP contribution in [0.15, 0.2) is 48.5 Å². The molecule has 1 amide bonds. The van der Waals surface area contributed by atoms with Crippen molar-refractivity contribution in [3.63, 3.8) is 0 Å². The number of aliphatic hydroxyl groups excluding tert-OH is 1. The molecule has 0 fully saturated rings. The lowest BCUT2D eigenvalue weighted by molar-refractivity contribution is 0.0945. The van der Waals surface area contributed by atoms with E-state index in [2.05, 4.69) is 24.5 Å². The molecule has 0 radical (unpaired) electrons. The third-order valence-corrected chi connectivity index (χ3v) is 3.53. The highest BCUT2D eigenvalue weighted by Gasteiger charge is 2.05. The van der Waals surface area contributed by atoms with Gasteiger partial charge in [-0.1, -0.05) is 32.0 Å². The first-order valence-electron chi connectivity index (χ1n) is 8.53. The Morgan fingerprint density at radius 3 is 2.60 bits per heavy atom. The first kappa shape index (κ1) is 18.8. The molecular formula is C20H26N2O3. The number of rotatable bonds is 9. The second-order valence-corrected chi connectivity index (χ2v) is 6.26. The van der Waals surface area contributed by atoms with Gasteiger partial charge in [0.25, 0.3) is 5.91 Å². The fraction of sp³-hybridized carbons (Fsp3) is 0.350. The smallest absolute Gasteiger partial charge is 0.251 e. The number of anilines is 1. The van der Waals surface area contributed by atoms with Crippen molar-refractivity contribution in [2.45, 2.75) is 20.4 Å². The minimum atomic E-state index is -0.190. The summed E-state index contributed by atoms with van der Waals surface area (Å²) < 4.78 is 5.68. The van der Waals surface area contributed by atoms with Crippen LogP contribution in [0.5, 0.6) is 5.75 Å². The van der Waals surface area contributed by atoms with E-state index in [1.54, 1.807) is 12.1 Å². The van der Waals surface area contributed by atoms with Gasteiger partial charge in [0, 0.05) is 24.3 Å². The van der Waals surface area contributed by atoms with Crippen LogP contribution in [0.25, 0.3) is 0 Å². The number of benzene rings is 2. The predicted molar refractivity (Wildman–Crippen MR) is 100.0 cm³/mol. The van der Waals surface area contributed by atoms with Gasteiger partial charge in [0.1, 0.15) is 5.75 Å². The number of aliphatic hydroxyl groups is 1. The number of ether oxygens (including phenoxy) is 1. The van der Waals surface area contributed by atoms with Gasteiger partial charge in [-0.05, 0) is 41.8 Å². The second kappa shape index (κ2) is 9.69. The van der Waals surface area contributed by atoms with Gasteiger partial charge < -0.3 is 20.5 Å². The number of carbonyl (C=O) groups excluding carboxylic acids is 1. The number of nitrogens with one attached hydrogen (secondary N) is 2. The average Bonchev–Trinajstić information content (AvgIpc) is 2.63. The van der Waals surface area contributed by atoms with Crippen molar-refractivity contribution < 1.29 is 14.6 Å². The van der Waals surface area contributed by atoms with Crippen molar-refractivity contribution in [3.05, 3.63) is 59.7 Å². The molecule has 2 rings (SSSR count). The van der Waals surface area contributed by atoms with Crippen LogP contribution >= 0.6 is 0 Å². The molecule has 0 aliphatic carbocycles. The fourth-order valence-electron chi connectivity index (χ4n) is 2.21. The number of hydrogen-bond acceptors (Lipinski definition) is 4. The first-order valence-corrected chi connectivity index (χ1v) is 8.53. The Labute approximate surface area is 149 Å². The SMILES string of the molecule is CC(C)COc1ccc(CNc2cccc(C(=O)NCCO)c2)cc1. The molecule has 0 aliphatic rings. The van der Waals surface area contributed by atoms with E-state index in [0.29, 0.717) is 24.6 Å². The molecule has 5 heteroatoms. The molecule has 0 heterocycles. The summed E-state index contributed by atoms with van der Waals surface area (Å²) in [6.07, 6.45) is 0. The Kier molecular flexibility index (Phi) is 7.29. The van der Waals surface area contributed by atoms with Crippen LogP contribution in [0.3, 0.4) is 0 Å². The molecule has 0 bridgehead atoms. The van der Waals surface area contributed by atoms with Gasteiger partial charge in [0.15, 0.2) is 0 Å². The monoisotopic (exact) mass is 342 g/mol. The standard InChI is InChI=1S/C20H26N2O3/c1-15(2)14-25-19-8-6-16(7-9-19)13-22-18-5-3-4-17(12-18)20(24)21-10-11-23/h3-9,12,15,22-23H,10-11,13-14H2,1-2H3,(H,21,24). The summed E-state index contributed by atoms with van der Waals surface area (Å²) in [6, 6.07) is 15.3. The van der Waals surface area contributed by atoms with E-state index in [0.717, 1.165) is 17.0 Å². The van der Waals surface area contributed by atoms with E-state index < -0.39 is 0 Å². The van der Waals surface area contributed by atoms with Crippen molar-refractivity contribution in [1.82, 2.24) is 5.32 Å². The molecule has 0 unspecified atom stereocenters. The van der Waals surface area contributed by atoms with E-state index in [4.69, 9.17) is 9.84 Å². The van der Waals surface area contributed by atoms with E-state index in [1.807, 2.05) is 36.4 Å². The minimum Gasteiger partial charge on any atom is -0.493 e. The summed E-state index contributed by atoms with van der Waals surface area (Å²) in [4.78, 5) is 11.9. The minimum absolute atomic E-state index is 0.0689. The Balaban J connectivity index is 1.89. The number of amides is 1. The van der Waals surface area contributed by atoms with Gasteiger partial charge in [-0.2, -0.15) is 0 Å². The van der Waals surface area contributed by atoms with Crippen molar-refractivity contribution in [3.8, 4) is 5.75 Å². The zero-order valence-corrected chi connectivity index (χ0v) is 14.8. The van der Waals surface area contributed by atoms with E-state index in [-0.39, 0.29) is 19.1 Å². The molecule has 0 aromatic heterocycles. The van der Waals surface area contributed by atoms with Crippen LogP contribution in [0.1, 0.15) is 29.8 Å². The van der Waals surface area contributed by atoms with Gasteiger partial charge in [0.2, 0.25) is 0 Å². The molecule has 0 saturated heterocycles. The van der Waals surface area contributed by atoms with E-state index in [9.17, 15) is 4.79 Å². The maximum Gasteiger partial charge on any atom is 0.251 e. The molecule has 0 atom stereocenters. The average molecular weight is 342 g/mol. The van der Waals surface area contributed by atoms with Gasteiger partial charge in [-0.3, -0.25) is 4.79 Å². The molecular weight excluding hydrogens is 316 g/mol. The highest BCUT2D eigenvalue weighted by atomic mass is 16.5. The van der Waals surface area contributed by atoms with Crippen molar-refractivity contribution >= 4 is 11.6 Å². The summed E-state index contributed by atoms with van der Waals surface area (Å²) in [6.45, 7) is 5.80. The Hall–Kier alpha value is -2.53. The highest BCUT2D eigenvalue weighted by Crippen LogP contribution is 2.16. The molecule has 0 saturated carbocycles. The lowest BCUT2D eigenvalue weighted by atomic mass is 10.1. The van der Waals surface area contributed by atoms with Crippen LogP contribution in [0.2, 0.25) is 0 Å². The molecule has 134 valence electrons. The largest absolute Gasteiger partial charge is 0.493 e. The van der Waals surface area contributed by atoms with Crippen LogP contribution < -0.4 is 15.4 Å². The maximum atomic E-state index is 11.9. The summed E-state index contributed by atoms with van der Waals surface area (Å²) in [5.74, 6) is 1.19. The Bertz CT molecular complexity index is 669. The number of hydrogen-bond donors (Lipinski definition) is 3. The molecule has 2 aromatic carbocycles. The van der Waals surface area contributed by atoms with Gasteiger partial charge in [-0.15, -0.1) is 0 Å². The number of carbonyl (C=O) groups is 1. The van der Waals surface area contributed by atoms with Gasteiger partial charge in [-0.25, -0.2) is 0 Å². The Morgan fingerprint density at radius 2 is 1.92 bits per heavy atom. The topological polar surface area (TPSA) is 70.6 Å². The first-order chi connectivity index (χ1) is 12.1. The van der Waals surface area contributed by atoms with Crippen LogP contribution in [-0.2, 0) is 6.54 Å². The molecule has 25 heavy (non-hydrogen) atoms. The third-order valence-electron chi connectivity index (χ3n) is 3.53. The lowest BCUT2D eigenvalue weighted by Crippen LogP contribution is -2.26. The second-order valence-electron chi connectivity index (χ2n) is 6.26. The summed E-state index contributed by atoms with van der Waals surface area (Å²) in [5.41, 5.74) is 2.57. The van der Waals surface area contributed by atoms with E-state index >= 15 is 0 Å². The summed E-state index contributed by atoms with van der Waals surface area (Å²) in [7, 11) is 0. The lowest BCUT2D eigenvalue weighted by Gasteiger charge is -2.11. The normalized spacial score (nSPS) is 10.6. The molecule has 3 N–H and O–H groups in total. The van der Waals surface area contributed by atoms with Gasteiger partial charge in [0.05, 0.1) is 13.2 Å². The van der Waals surface area contributed by atoms with Crippen LogP contribution in [-0.4, -0.2) is 30.8 Å². The van der Waals surface area contributed by atoms with Crippen LogP contribution in [0.4, 0.5) is 5.69 Å². The maximum absolute atomic E-state index is 11.9. The molecule has 2 aromatic rings. The third kappa shape index (κ3) is 6.47. The van der Waals surface area contributed by atoms with Crippen molar-refractivity contribution in [1.29, 1.82) is 0 Å².